The number of carbonyl (C=O) groups is 1. The molecule has 0 aromatic heterocycles. The molecule has 0 radical (unpaired) electrons. The number of hydrogen-bond donors (Lipinski definition) is 0. The summed E-state index contributed by atoms with van der Waals surface area (Å²) in [5, 5.41) is 0. The van der Waals surface area contributed by atoms with E-state index in [-0.39, 0.29) is 5.43 Å². The number of esters is 1. The number of halogens is 1. The summed E-state index contributed by atoms with van der Waals surface area (Å²) >= 11 is 7.32. The van der Waals surface area contributed by atoms with Crippen molar-refractivity contribution in [1.82, 2.24) is 0 Å². The largest absolute Gasteiger partial charge is 0.493 e. The molecular formula is C28H27ClO6S. The molecule has 1 aliphatic carbocycles. The van der Waals surface area contributed by atoms with Crippen LogP contribution >= 0.6 is 23.4 Å². The molecule has 8 heteroatoms. The van der Waals surface area contributed by atoms with Gasteiger partial charge in [-0.3, -0.25) is 4.79 Å². The van der Waals surface area contributed by atoms with Gasteiger partial charge in [0.05, 0.1) is 31.8 Å². The number of ether oxygens (including phenoxy) is 4. The van der Waals surface area contributed by atoms with Gasteiger partial charge in [0.1, 0.15) is 6.10 Å². The number of carbonyl (C=O) groups excluding carboxylic acids is 1. The summed E-state index contributed by atoms with van der Waals surface area (Å²) in [6, 6.07) is 14.2. The molecule has 0 N–H and O–H groups in total. The summed E-state index contributed by atoms with van der Waals surface area (Å²) in [5.74, 6) is 1.31. The van der Waals surface area contributed by atoms with Crippen molar-refractivity contribution in [3.8, 4) is 28.4 Å². The van der Waals surface area contributed by atoms with Crippen LogP contribution in [-0.4, -0.2) is 33.6 Å². The number of aryl methyl sites for hydroxylation is 1. The van der Waals surface area contributed by atoms with Crippen LogP contribution in [-0.2, 0) is 17.0 Å². The van der Waals surface area contributed by atoms with Gasteiger partial charge < -0.3 is 18.9 Å². The van der Waals surface area contributed by atoms with Gasteiger partial charge in [-0.25, -0.2) is 4.79 Å². The molecule has 3 aromatic carbocycles. The highest BCUT2D eigenvalue weighted by Crippen LogP contribution is 2.50. The highest BCUT2D eigenvalue weighted by atomic mass is 35.5. The number of thioether (sulfide) groups is 1. The van der Waals surface area contributed by atoms with Gasteiger partial charge in [0.25, 0.3) is 0 Å². The van der Waals surface area contributed by atoms with E-state index >= 15 is 0 Å². The van der Waals surface area contributed by atoms with Gasteiger partial charge in [0.15, 0.2) is 16.9 Å². The van der Waals surface area contributed by atoms with Gasteiger partial charge in [-0.15, -0.1) is 23.4 Å². The van der Waals surface area contributed by atoms with Gasteiger partial charge in [0, 0.05) is 17.0 Å². The zero-order valence-electron chi connectivity index (χ0n) is 20.6. The van der Waals surface area contributed by atoms with Crippen molar-refractivity contribution >= 4 is 29.3 Å². The van der Waals surface area contributed by atoms with Crippen molar-refractivity contribution in [3.63, 3.8) is 0 Å². The maximum absolute atomic E-state index is 13.2. The number of benzene rings is 2. The number of hydrogen-bond acceptors (Lipinski definition) is 7. The summed E-state index contributed by atoms with van der Waals surface area (Å²) in [6.45, 7) is 0. The molecule has 0 aliphatic heterocycles. The second-order valence-corrected chi connectivity index (χ2v) is 9.34. The highest BCUT2D eigenvalue weighted by molar-refractivity contribution is 7.98. The molecule has 1 atom stereocenters. The first kappa shape index (κ1) is 25.9. The first-order valence-electron chi connectivity index (χ1n) is 11.4. The van der Waals surface area contributed by atoms with E-state index in [1.54, 1.807) is 51.7 Å². The van der Waals surface area contributed by atoms with E-state index in [0.29, 0.717) is 52.0 Å². The molecule has 0 heterocycles. The lowest BCUT2D eigenvalue weighted by molar-refractivity contribution is 0.0280. The predicted molar refractivity (Wildman–Crippen MR) is 142 cm³/mol. The fourth-order valence-corrected chi connectivity index (χ4v) is 5.16. The van der Waals surface area contributed by atoms with Crippen LogP contribution < -0.4 is 19.6 Å². The molecular weight excluding hydrogens is 500 g/mol. The minimum absolute atomic E-state index is 0.142. The fraction of sp³-hybridized carbons (Fsp3) is 0.286. The van der Waals surface area contributed by atoms with E-state index < -0.39 is 12.1 Å². The Bertz CT molecular complexity index is 1360. The fourth-order valence-electron chi connectivity index (χ4n) is 4.53. The lowest BCUT2D eigenvalue weighted by Crippen LogP contribution is -2.13. The van der Waals surface area contributed by atoms with Crippen LogP contribution in [0.3, 0.4) is 0 Å². The van der Waals surface area contributed by atoms with E-state index in [4.69, 9.17) is 30.5 Å². The second kappa shape index (κ2) is 11.3. The SMILES string of the molecule is COc1cc2c(c(OC)c1OC)-c1ccc(SC)c(=O)cc1[C@H](OC(=O)c1cccc(CCl)c1)CC2. The Kier molecular flexibility index (Phi) is 8.11. The van der Waals surface area contributed by atoms with Crippen LogP contribution in [0.25, 0.3) is 11.1 Å². The summed E-state index contributed by atoms with van der Waals surface area (Å²) < 4.78 is 23.0. The van der Waals surface area contributed by atoms with Crippen LogP contribution in [0.5, 0.6) is 17.2 Å². The molecule has 1 aliphatic rings. The standard InChI is InChI=1S/C28H27ClO6S/c1-32-23-13-17-8-10-22(35-28(31)18-7-5-6-16(12-18)15-29)20-14-21(30)24(36-4)11-9-19(20)25(17)27(34-3)26(23)33-2/h5-7,9,11-14,22H,8,10,15H2,1-4H3/t22-/m1/s1. The Morgan fingerprint density at radius 2 is 1.81 bits per heavy atom. The van der Waals surface area contributed by atoms with Gasteiger partial charge in [-0.2, -0.15) is 0 Å². The monoisotopic (exact) mass is 526 g/mol. The van der Waals surface area contributed by atoms with Crippen molar-refractivity contribution in [1.29, 1.82) is 0 Å². The third-order valence-electron chi connectivity index (χ3n) is 6.23. The summed E-state index contributed by atoms with van der Waals surface area (Å²) in [5.41, 5.74) is 4.17. The summed E-state index contributed by atoms with van der Waals surface area (Å²) in [6.07, 6.45) is 2.23. The highest BCUT2D eigenvalue weighted by Gasteiger charge is 2.31. The Balaban J connectivity index is 1.91. The van der Waals surface area contributed by atoms with E-state index in [1.165, 1.54) is 11.8 Å². The van der Waals surface area contributed by atoms with Crippen molar-refractivity contribution in [2.45, 2.75) is 29.7 Å². The molecule has 0 saturated carbocycles. The first-order valence-corrected chi connectivity index (χ1v) is 13.1. The minimum atomic E-state index is -0.656. The molecule has 0 spiro atoms. The lowest BCUT2D eigenvalue weighted by Gasteiger charge is -2.19. The molecule has 0 amide bonds. The van der Waals surface area contributed by atoms with Crippen molar-refractivity contribution in [2.24, 2.45) is 0 Å². The molecule has 0 saturated heterocycles. The molecule has 0 fully saturated rings. The zero-order valence-corrected chi connectivity index (χ0v) is 22.1. The van der Waals surface area contributed by atoms with Gasteiger partial charge in [0.2, 0.25) is 5.75 Å². The number of fused-ring (bicyclic) bond motifs is 3. The Hall–Kier alpha value is -3.16. The number of methoxy groups -OCH3 is 3. The molecule has 188 valence electrons. The van der Waals surface area contributed by atoms with Gasteiger partial charge in [-0.05, 0) is 66.1 Å². The third kappa shape index (κ3) is 4.90. The van der Waals surface area contributed by atoms with Gasteiger partial charge >= 0.3 is 5.97 Å². The topological polar surface area (TPSA) is 71.1 Å². The Morgan fingerprint density at radius 1 is 1.03 bits per heavy atom. The molecule has 6 nitrogen and oxygen atoms in total. The zero-order chi connectivity index (χ0) is 25.8. The van der Waals surface area contributed by atoms with Crippen LogP contribution in [0.2, 0.25) is 0 Å². The lowest BCUT2D eigenvalue weighted by atomic mass is 9.96. The summed E-state index contributed by atoms with van der Waals surface area (Å²) in [7, 11) is 4.69. The normalized spacial score (nSPS) is 14.2. The number of rotatable bonds is 7. The third-order valence-corrected chi connectivity index (χ3v) is 7.32. The van der Waals surface area contributed by atoms with Crippen molar-refractivity contribution < 1.29 is 23.7 Å². The second-order valence-electron chi connectivity index (χ2n) is 8.23. The molecule has 36 heavy (non-hydrogen) atoms. The maximum atomic E-state index is 13.2. The molecule has 0 unspecified atom stereocenters. The smallest absolute Gasteiger partial charge is 0.338 e. The predicted octanol–water partition coefficient (Wildman–Crippen LogP) is 6.04. The number of alkyl halides is 1. The average Bonchev–Trinajstić information content (AvgIpc) is 3.15. The van der Waals surface area contributed by atoms with Crippen LogP contribution in [0.15, 0.2) is 58.2 Å². The van der Waals surface area contributed by atoms with Crippen LogP contribution in [0.1, 0.15) is 39.6 Å². The molecule has 0 bridgehead atoms. The van der Waals surface area contributed by atoms with Crippen molar-refractivity contribution in [2.75, 3.05) is 27.6 Å². The van der Waals surface area contributed by atoms with Crippen LogP contribution in [0, 0.1) is 0 Å². The van der Waals surface area contributed by atoms with E-state index in [9.17, 15) is 9.59 Å². The minimum Gasteiger partial charge on any atom is -0.493 e. The Labute approximate surface area is 219 Å². The average molecular weight is 527 g/mol. The van der Waals surface area contributed by atoms with E-state index in [2.05, 4.69) is 0 Å². The van der Waals surface area contributed by atoms with Crippen LogP contribution in [0.4, 0.5) is 0 Å². The van der Waals surface area contributed by atoms with Crippen molar-refractivity contribution in [3.05, 3.63) is 81.0 Å². The first-order chi connectivity index (χ1) is 17.4. The van der Waals surface area contributed by atoms with E-state index in [1.807, 2.05) is 24.5 Å². The van der Waals surface area contributed by atoms with Gasteiger partial charge in [-0.1, -0.05) is 18.2 Å². The Morgan fingerprint density at radius 3 is 2.47 bits per heavy atom. The molecule has 4 rings (SSSR count). The summed E-state index contributed by atoms with van der Waals surface area (Å²) in [4.78, 5) is 26.8. The quantitative estimate of drug-likeness (QED) is 0.211. The maximum Gasteiger partial charge on any atom is 0.338 e. The van der Waals surface area contributed by atoms with E-state index in [0.717, 1.165) is 22.3 Å². The molecule has 3 aromatic rings.